The molecule has 1 heterocycles. The fourth-order valence-electron chi connectivity index (χ4n) is 1.36. The van der Waals surface area contributed by atoms with Crippen LogP contribution in [0.5, 0.6) is 5.75 Å². The molecule has 0 saturated carbocycles. The van der Waals surface area contributed by atoms with Crippen LogP contribution in [0.2, 0.25) is 0 Å². The van der Waals surface area contributed by atoms with E-state index in [-0.39, 0.29) is 0 Å². The molecule has 0 spiro atoms. The molecule has 4 heteroatoms. The first-order chi connectivity index (χ1) is 6.76. The van der Waals surface area contributed by atoms with Crippen molar-refractivity contribution in [1.29, 1.82) is 0 Å². The molecule has 0 aliphatic rings. The van der Waals surface area contributed by atoms with Gasteiger partial charge in [0.25, 0.3) is 0 Å². The van der Waals surface area contributed by atoms with E-state index in [2.05, 4.69) is 40.8 Å². The molecular formula is C10H8ClIOS. The minimum Gasteiger partial charge on any atom is -0.494 e. The average Bonchev–Trinajstić information content (AvgIpc) is 2.60. The summed E-state index contributed by atoms with van der Waals surface area (Å²) in [7, 11) is 1.71. The molecule has 0 amide bonds. The molecule has 0 aliphatic carbocycles. The molecule has 0 saturated heterocycles. The van der Waals surface area contributed by atoms with E-state index >= 15 is 0 Å². The van der Waals surface area contributed by atoms with Crippen molar-refractivity contribution in [2.45, 2.75) is 5.88 Å². The first-order valence-corrected chi connectivity index (χ1v) is 6.50. The number of alkyl halides is 1. The number of ether oxygens (including phenoxy) is 1. The average molecular weight is 339 g/mol. The molecule has 0 fully saturated rings. The monoisotopic (exact) mass is 338 g/mol. The molecule has 1 aromatic heterocycles. The van der Waals surface area contributed by atoms with Gasteiger partial charge in [0.1, 0.15) is 5.75 Å². The molecule has 2 aromatic rings. The number of thiophene rings is 1. The summed E-state index contributed by atoms with van der Waals surface area (Å²) in [5.41, 5.74) is 0. The summed E-state index contributed by atoms with van der Waals surface area (Å²) in [5, 5.41) is 1.21. The molecule has 0 N–H and O–H groups in total. The lowest BCUT2D eigenvalue weighted by atomic mass is 10.2. The Morgan fingerprint density at radius 2 is 2.29 bits per heavy atom. The van der Waals surface area contributed by atoms with Gasteiger partial charge < -0.3 is 4.74 Å². The Kier molecular flexibility index (Phi) is 3.19. The van der Waals surface area contributed by atoms with E-state index in [1.54, 1.807) is 18.4 Å². The third-order valence-electron chi connectivity index (χ3n) is 1.98. The summed E-state index contributed by atoms with van der Waals surface area (Å²) < 4.78 is 7.71. The van der Waals surface area contributed by atoms with Crippen molar-refractivity contribution in [3.8, 4) is 5.75 Å². The van der Waals surface area contributed by atoms with Crippen LogP contribution in [0, 0.1) is 3.57 Å². The Bertz CT molecular complexity index is 466. The molecular weight excluding hydrogens is 331 g/mol. The maximum absolute atomic E-state index is 5.80. The van der Waals surface area contributed by atoms with E-state index in [1.165, 1.54) is 15.0 Å². The molecule has 0 radical (unpaired) electrons. The van der Waals surface area contributed by atoms with E-state index in [0.29, 0.717) is 5.88 Å². The Labute approximate surface area is 105 Å². The lowest BCUT2D eigenvalue weighted by Crippen LogP contribution is -1.85. The SMILES string of the molecule is COc1c(I)ccc2cc(CCl)sc12. The fraction of sp³-hybridized carbons (Fsp3) is 0.200. The van der Waals surface area contributed by atoms with Crippen LogP contribution in [0.25, 0.3) is 10.1 Å². The second-order valence-electron chi connectivity index (χ2n) is 2.85. The third-order valence-corrected chi connectivity index (χ3v) is 4.43. The smallest absolute Gasteiger partial charge is 0.149 e. The van der Waals surface area contributed by atoms with E-state index in [4.69, 9.17) is 16.3 Å². The van der Waals surface area contributed by atoms with Crippen molar-refractivity contribution in [1.82, 2.24) is 0 Å². The third kappa shape index (κ3) is 1.73. The number of benzene rings is 1. The lowest BCUT2D eigenvalue weighted by molar-refractivity contribution is 0.417. The number of hydrogen-bond donors (Lipinski definition) is 0. The van der Waals surface area contributed by atoms with Gasteiger partial charge in [-0.05, 0) is 40.1 Å². The number of fused-ring (bicyclic) bond motifs is 1. The molecule has 74 valence electrons. The van der Waals surface area contributed by atoms with Crippen molar-refractivity contribution in [2.75, 3.05) is 7.11 Å². The summed E-state index contributed by atoms with van der Waals surface area (Å²) >= 11 is 9.78. The van der Waals surface area contributed by atoms with Gasteiger partial charge in [0.2, 0.25) is 0 Å². The Morgan fingerprint density at radius 1 is 1.50 bits per heavy atom. The van der Waals surface area contributed by atoms with Gasteiger partial charge in [-0.2, -0.15) is 0 Å². The number of halogens is 2. The minimum absolute atomic E-state index is 0.569. The van der Waals surface area contributed by atoms with Crippen LogP contribution in [0.3, 0.4) is 0 Å². The van der Waals surface area contributed by atoms with Crippen LogP contribution < -0.4 is 4.74 Å². The lowest BCUT2D eigenvalue weighted by Gasteiger charge is -2.03. The van der Waals surface area contributed by atoms with Crippen molar-refractivity contribution >= 4 is 55.6 Å². The summed E-state index contributed by atoms with van der Waals surface area (Å²) in [6, 6.07) is 6.28. The first kappa shape index (κ1) is 10.5. The zero-order valence-electron chi connectivity index (χ0n) is 7.51. The van der Waals surface area contributed by atoms with E-state index < -0.39 is 0 Å². The molecule has 0 unspecified atom stereocenters. The van der Waals surface area contributed by atoms with E-state index in [1.807, 2.05) is 0 Å². The number of rotatable bonds is 2. The summed E-state index contributed by atoms with van der Waals surface area (Å²) in [4.78, 5) is 1.18. The standard InChI is InChI=1S/C10H8ClIOS/c1-13-9-8(12)3-2-6-4-7(5-11)14-10(6)9/h2-4H,5H2,1H3. The van der Waals surface area contributed by atoms with Gasteiger partial charge >= 0.3 is 0 Å². The largest absolute Gasteiger partial charge is 0.494 e. The number of methoxy groups -OCH3 is 1. The number of hydrogen-bond acceptors (Lipinski definition) is 2. The second kappa shape index (κ2) is 4.24. The second-order valence-corrected chi connectivity index (χ2v) is 5.41. The van der Waals surface area contributed by atoms with Crippen LogP contribution >= 0.6 is 45.5 Å². The van der Waals surface area contributed by atoms with Crippen molar-refractivity contribution in [2.24, 2.45) is 0 Å². The maximum Gasteiger partial charge on any atom is 0.149 e. The van der Waals surface area contributed by atoms with Gasteiger partial charge in [0.15, 0.2) is 0 Å². The van der Waals surface area contributed by atoms with Crippen LogP contribution in [0.15, 0.2) is 18.2 Å². The maximum atomic E-state index is 5.80. The van der Waals surface area contributed by atoms with Gasteiger partial charge in [-0.3, -0.25) is 0 Å². The highest BCUT2D eigenvalue weighted by Gasteiger charge is 2.09. The Hall–Kier alpha value is -0.0000000000000000833. The highest BCUT2D eigenvalue weighted by Crippen LogP contribution is 2.37. The predicted molar refractivity (Wildman–Crippen MR) is 70.7 cm³/mol. The van der Waals surface area contributed by atoms with Crippen LogP contribution in [0.4, 0.5) is 0 Å². The molecule has 14 heavy (non-hydrogen) atoms. The molecule has 2 rings (SSSR count). The van der Waals surface area contributed by atoms with E-state index in [9.17, 15) is 0 Å². The molecule has 0 bridgehead atoms. The van der Waals surface area contributed by atoms with Gasteiger partial charge in [-0.1, -0.05) is 6.07 Å². The highest BCUT2D eigenvalue weighted by atomic mass is 127. The topological polar surface area (TPSA) is 9.23 Å². The van der Waals surface area contributed by atoms with Gasteiger partial charge in [0, 0.05) is 4.88 Å². The predicted octanol–water partition coefficient (Wildman–Crippen LogP) is 4.25. The van der Waals surface area contributed by atoms with Crippen LogP contribution in [0.1, 0.15) is 4.88 Å². The van der Waals surface area contributed by atoms with Crippen molar-refractivity contribution in [3.63, 3.8) is 0 Å². The molecule has 0 aliphatic heterocycles. The van der Waals surface area contributed by atoms with Crippen LogP contribution in [-0.2, 0) is 5.88 Å². The first-order valence-electron chi connectivity index (χ1n) is 4.07. The molecule has 1 aromatic carbocycles. The van der Waals surface area contributed by atoms with Crippen molar-refractivity contribution < 1.29 is 4.74 Å². The highest BCUT2D eigenvalue weighted by molar-refractivity contribution is 14.1. The summed E-state index contributed by atoms with van der Waals surface area (Å²) in [5.74, 6) is 1.53. The van der Waals surface area contributed by atoms with Gasteiger partial charge in [-0.25, -0.2) is 0 Å². The van der Waals surface area contributed by atoms with E-state index in [0.717, 1.165) is 9.32 Å². The fourth-order valence-corrected chi connectivity index (χ4v) is 3.49. The zero-order valence-corrected chi connectivity index (χ0v) is 11.2. The molecule has 1 nitrogen and oxygen atoms in total. The van der Waals surface area contributed by atoms with Crippen molar-refractivity contribution in [3.05, 3.63) is 26.6 Å². The summed E-state index contributed by atoms with van der Waals surface area (Å²) in [6.45, 7) is 0. The quantitative estimate of drug-likeness (QED) is 0.587. The Balaban J connectivity index is 2.73. The normalized spacial score (nSPS) is 10.8. The minimum atomic E-state index is 0.569. The zero-order chi connectivity index (χ0) is 10.1. The Morgan fingerprint density at radius 3 is 2.93 bits per heavy atom. The van der Waals surface area contributed by atoms with Gasteiger partial charge in [0.05, 0.1) is 21.3 Å². The molecule has 0 atom stereocenters. The van der Waals surface area contributed by atoms with Crippen LogP contribution in [-0.4, -0.2) is 7.11 Å². The van der Waals surface area contributed by atoms with Gasteiger partial charge in [-0.15, -0.1) is 22.9 Å². The summed E-state index contributed by atoms with van der Waals surface area (Å²) in [6.07, 6.45) is 0.